The number of rotatable bonds is 5. The summed E-state index contributed by atoms with van der Waals surface area (Å²) in [7, 11) is 3.13. The fourth-order valence-electron chi connectivity index (χ4n) is 9.26. The summed E-state index contributed by atoms with van der Waals surface area (Å²) in [5.74, 6) is 1.72. The topological polar surface area (TPSA) is 131 Å². The van der Waals surface area contributed by atoms with Crippen molar-refractivity contribution in [1.29, 1.82) is 0 Å². The molecule has 10 heteroatoms. The number of fused-ring (bicyclic) bond motifs is 6. The van der Waals surface area contributed by atoms with Crippen LogP contribution in [0.15, 0.2) is 69.9 Å². The summed E-state index contributed by atoms with van der Waals surface area (Å²) in [4.78, 5) is 65.6. The van der Waals surface area contributed by atoms with Crippen molar-refractivity contribution in [2.24, 2.45) is 0 Å². The van der Waals surface area contributed by atoms with Crippen molar-refractivity contribution in [3.63, 3.8) is 0 Å². The van der Waals surface area contributed by atoms with E-state index in [0.29, 0.717) is 85.2 Å². The van der Waals surface area contributed by atoms with Gasteiger partial charge in [0.1, 0.15) is 23.5 Å². The monoisotopic (exact) mass is 694 g/mol. The lowest BCUT2D eigenvalue weighted by Gasteiger charge is -2.38. The van der Waals surface area contributed by atoms with E-state index in [1.165, 1.54) is 12.5 Å². The molecule has 0 spiro atoms. The number of carbonyl (C=O) groups is 4. The first kappa shape index (κ1) is 30.6. The molecule has 0 fully saturated rings. The minimum Gasteiger partial charge on any atom is -0.496 e. The SMILES string of the molecule is COc1ccc(OOc2ccc(OC)c3cc4c(cc23)C2(C)CC(=O)Cc3coc(c32)C4=O)c2cc3c(cc12)[C@@]1(C)CCC(=O)c2coc(c21)C3=O. The maximum absolute atomic E-state index is 13.9. The average molecular weight is 695 g/mol. The lowest BCUT2D eigenvalue weighted by atomic mass is 9.62. The molecule has 0 saturated heterocycles. The smallest absolute Gasteiger partial charge is 0.228 e. The van der Waals surface area contributed by atoms with Crippen LogP contribution in [-0.4, -0.2) is 37.4 Å². The van der Waals surface area contributed by atoms with Crippen LogP contribution in [0.3, 0.4) is 0 Å². The molecule has 2 atom stereocenters. The van der Waals surface area contributed by atoms with Gasteiger partial charge in [0.25, 0.3) is 0 Å². The van der Waals surface area contributed by atoms with Crippen LogP contribution in [0.25, 0.3) is 21.5 Å². The second-order valence-electron chi connectivity index (χ2n) is 14.5. The summed E-state index contributed by atoms with van der Waals surface area (Å²) >= 11 is 0. The van der Waals surface area contributed by atoms with Crippen molar-refractivity contribution >= 4 is 44.7 Å². The second kappa shape index (κ2) is 10.2. The van der Waals surface area contributed by atoms with Gasteiger partial charge in [-0.15, -0.1) is 0 Å². The predicted octanol–water partition coefficient (Wildman–Crippen LogP) is 7.76. The highest BCUT2D eigenvalue weighted by atomic mass is 17.2. The Bertz CT molecular complexity index is 2670. The zero-order valence-electron chi connectivity index (χ0n) is 28.7. The van der Waals surface area contributed by atoms with Crippen LogP contribution in [0.4, 0.5) is 0 Å². The third-order valence-corrected chi connectivity index (χ3v) is 11.8. The molecule has 0 radical (unpaired) electrons. The largest absolute Gasteiger partial charge is 0.496 e. The summed E-state index contributed by atoms with van der Waals surface area (Å²) in [5.41, 5.74) is 3.61. The summed E-state index contributed by atoms with van der Waals surface area (Å²) in [6.07, 6.45) is 4.27. The van der Waals surface area contributed by atoms with Gasteiger partial charge in [-0.3, -0.25) is 29.0 Å². The van der Waals surface area contributed by atoms with E-state index in [0.717, 1.165) is 16.7 Å². The number of carbonyl (C=O) groups excluding carboxylic acids is 4. The highest BCUT2D eigenvalue weighted by molar-refractivity contribution is 6.17. The fourth-order valence-corrected chi connectivity index (χ4v) is 9.26. The Morgan fingerprint density at radius 3 is 1.77 bits per heavy atom. The maximum atomic E-state index is 13.9. The number of methoxy groups -OCH3 is 2. The normalized spacial score (nSPS) is 21.1. The number of ketones is 4. The Hall–Kier alpha value is -6.16. The van der Waals surface area contributed by atoms with Crippen LogP contribution in [0.1, 0.15) is 104 Å². The molecule has 10 nitrogen and oxygen atoms in total. The first-order chi connectivity index (χ1) is 25.1. The molecule has 0 saturated carbocycles. The van der Waals surface area contributed by atoms with Crippen LogP contribution in [0, 0.1) is 0 Å². The lowest BCUT2D eigenvalue weighted by Crippen LogP contribution is -2.38. The third-order valence-electron chi connectivity index (χ3n) is 11.8. The van der Waals surface area contributed by atoms with E-state index >= 15 is 0 Å². The van der Waals surface area contributed by atoms with Gasteiger partial charge in [0.05, 0.1) is 26.0 Å². The molecule has 0 N–H and O–H groups in total. The second-order valence-corrected chi connectivity index (χ2v) is 14.5. The molecule has 2 aromatic heterocycles. The Kier molecular flexibility index (Phi) is 6.02. The quantitative estimate of drug-likeness (QED) is 0.130. The van der Waals surface area contributed by atoms with Gasteiger partial charge in [-0.25, -0.2) is 0 Å². The number of ether oxygens (including phenoxy) is 2. The van der Waals surface area contributed by atoms with Crippen molar-refractivity contribution < 1.29 is 47.3 Å². The van der Waals surface area contributed by atoms with Crippen molar-refractivity contribution in [3.05, 3.63) is 117 Å². The molecule has 0 bridgehead atoms. The van der Waals surface area contributed by atoms with E-state index < -0.39 is 10.8 Å². The molecule has 0 amide bonds. The van der Waals surface area contributed by atoms with Gasteiger partial charge >= 0.3 is 0 Å². The molecule has 258 valence electrons. The van der Waals surface area contributed by atoms with Gasteiger partial charge in [0.15, 0.2) is 28.8 Å². The zero-order valence-corrected chi connectivity index (χ0v) is 28.7. The van der Waals surface area contributed by atoms with E-state index in [-0.39, 0.29) is 47.5 Å². The molecule has 4 aliphatic carbocycles. The number of hydrogen-bond donors (Lipinski definition) is 0. The van der Waals surface area contributed by atoms with Gasteiger partial charge in [0, 0.05) is 79.5 Å². The highest BCUT2D eigenvalue weighted by Gasteiger charge is 2.50. The van der Waals surface area contributed by atoms with Crippen LogP contribution >= 0.6 is 0 Å². The molecule has 10 rings (SSSR count). The van der Waals surface area contributed by atoms with Crippen LogP contribution in [-0.2, 0) is 22.0 Å². The maximum Gasteiger partial charge on any atom is 0.228 e. The minimum absolute atomic E-state index is 0.0274. The number of Topliss-reactive ketones (excluding diaryl/α,β-unsaturated/α-hetero) is 2. The van der Waals surface area contributed by atoms with Crippen molar-refractivity contribution in [2.45, 2.75) is 50.4 Å². The summed E-state index contributed by atoms with van der Waals surface area (Å²) < 4.78 is 23.0. The predicted molar refractivity (Wildman–Crippen MR) is 186 cm³/mol. The van der Waals surface area contributed by atoms with Crippen LogP contribution in [0.2, 0.25) is 0 Å². The molecule has 4 aliphatic rings. The summed E-state index contributed by atoms with van der Waals surface area (Å²) in [5, 5.41) is 2.51. The Morgan fingerprint density at radius 1 is 0.615 bits per heavy atom. The van der Waals surface area contributed by atoms with Gasteiger partial charge < -0.3 is 18.3 Å². The first-order valence-electron chi connectivity index (χ1n) is 17.1. The molecule has 4 aromatic carbocycles. The molecular weight excluding hydrogens is 664 g/mol. The van der Waals surface area contributed by atoms with Gasteiger partial charge in [-0.05, 0) is 66.1 Å². The molecule has 1 unspecified atom stereocenters. The first-order valence-corrected chi connectivity index (χ1v) is 17.1. The molecule has 52 heavy (non-hydrogen) atoms. The van der Waals surface area contributed by atoms with Gasteiger partial charge in [0.2, 0.25) is 11.6 Å². The van der Waals surface area contributed by atoms with Gasteiger partial charge in [-0.1, -0.05) is 13.8 Å². The van der Waals surface area contributed by atoms with Crippen LogP contribution < -0.4 is 19.2 Å². The molecular formula is C42H30O10. The average Bonchev–Trinajstić information content (AvgIpc) is 3.80. The van der Waals surface area contributed by atoms with Crippen molar-refractivity contribution in [3.8, 4) is 23.0 Å². The molecule has 0 aliphatic heterocycles. The third kappa shape index (κ3) is 3.78. The number of hydrogen-bond acceptors (Lipinski definition) is 10. The lowest BCUT2D eigenvalue weighted by molar-refractivity contribution is -0.119. The summed E-state index contributed by atoms with van der Waals surface area (Å²) in [6, 6.07) is 14.3. The van der Waals surface area contributed by atoms with Crippen molar-refractivity contribution in [2.75, 3.05) is 14.2 Å². The number of furan rings is 2. The van der Waals surface area contributed by atoms with Crippen LogP contribution in [0.5, 0.6) is 23.0 Å². The van der Waals surface area contributed by atoms with E-state index in [1.807, 2.05) is 26.0 Å². The zero-order chi connectivity index (χ0) is 35.8. The minimum atomic E-state index is -0.777. The Labute approximate surface area is 296 Å². The molecule has 2 heterocycles. The Morgan fingerprint density at radius 2 is 1.13 bits per heavy atom. The van der Waals surface area contributed by atoms with E-state index in [4.69, 9.17) is 28.1 Å². The van der Waals surface area contributed by atoms with E-state index in [1.54, 1.807) is 50.6 Å². The van der Waals surface area contributed by atoms with Gasteiger partial charge in [-0.2, -0.15) is 0 Å². The fraction of sp³-hybridized carbons (Fsp3) is 0.238. The number of benzene rings is 4. The van der Waals surface area contributed by atoms with Crippen molar-refractivity contribution in [1.82, 2.24) is 0 Å². The van der Waals surface area contributed by atoms with E-state index in [2.05, 4.69) is 0 Å². The highest BCUT2D eigenvalue weighted by Crippen LogP contribution is 2.53. The Balaban J connectivity index is 1.10. The standard InChI is InChI=1S/C42H30O10/c1-41-10-9-30(44)27-18-50-40(36(27)41)38(46)25-13-22-23(14-28(25)41)32(48-4)6-7-33(22)51-52-34-8-5-31(47-3)21-12-26-29(15-24(21)34)42(2)16-20(43)11-19-17-49-39(35(19)42)37(26)45/h5-8,12-15,17-18H,9-11,16H2,1-4H3/t41-,42?/m1/s1. The summed E-state index contributed by atoms with van der Waals surface area (Å²) in [6.45, 7) is 4.02. The molecule has 6 aromatic rings. The van der Waals surface area contributed by atoms with E-state index in [9.17, 15) is 19.2 Å².